The lowest BCUT2D eigenvalue weighted by Crippen LogP contribution is -2.50. The van der Waals surface area contributed by atoms with Gasteiger partial charge in [-0.25, -0.2) is 14.4 Å². The standard InChI is InChI=1S/C21H19F4N3O2/c1-10-7-20(30,21(23,24)25)8-12-3-5-16(19(29)17(10)12)28-15-6-4-14(22)18-13(15)9-26-11(2)27-18/h3-6,9-10,28-30H,7-8H2,1-2H3. The number of aromatic nitrogens is 2. The van der Waals surface area contributed by atoms with Crippen molar-refractivity contribution < 1.29 is 27.8 Å². The monoisotopic (exact) mass is 421 g/mol. The Morgan fingerprint density at radius 2 is 1.87 bits per heavy atom. The molecule has 0 spiro atoms. The highest BCUT2D eigenvalue weighted by molar-refractivity contribution is 5.93. The van der Waals surface area contributed by atoms with Gasteiger partial charge in [0, 0.05) is 29.3 Å². The number of aromatic hydroxyl groups is 1. The molecule has 1 aliphatic rings. The fourth-order valence-corrected chi connectivity index (χ4v) is 4.09. The van der Waals surface area contributed by atoms with Crippen LogP contribution >= 0.6 is 0 Å². The predicted molar refractivity (Wildman–Crippen MR) is 103 cm³/mol. The van der Waals surface area contributed by atoms with E-state index in [1.807, 2.05) is 0 Å². The summed E-state index contributed by atoms with van der Waals surface area (Å²) in [5, 5.41) is 24.3. The van der Waals surface area contributed by atoms with Crippen LogP contribution in [-0.2, 0) is 6.42 Å². The van der Waals surface area contributed by atoms with Crippen LogP contribution in [0.25, 0.3) is 10.9 Å². The van der Waals surface area contributed by atoms with Gasteiger partial charge in [-0.1, -0.05) is 13.0 Å². The van der Waals surface area contributed by atoms with Crippen molar-refractivity contribution in [1.29, 1.82) is 0 Å². The molecule has 2 atom stereocenters. The number of aryl methyl sites for hydroxylation is 1. The van der Waals surface area contributed by atoms with Gasteiger partial charge in [0.05, 0.1) is 5.69 Å². The van der Waals surface area contributed by atoms with Gasteiger partial charge in [-0.2, -0.15) is 13.2 Å². The number of hydrogen-bond acceptors (Lipinski definition) is 5. The van der Waals surface area contributed by atoms with Crippen molar-refractivity contribution in [2.24, 2.45) is 0 Å². The summed E-state index contributed by atoms with van der Waals surface area (Å²) < 4.78 is 54.0. The number of hydrogen-bond donors (Lipinski definition) is 3. The molecule has 158 valence electrons. The fraction of sp³-hybridized carbons (Fsp3) is 0.333. The maximum atomic E-state index is 14.1. The van der Waals surface area contributed by atoms with Gasteiger partial charge >= 0.3 is 6.18 Å². The molecular weight excluding hydrogens is 402 g/mol. The topological polar surface area (TPSA) is 78.3 Å². The molecule has 3 aromatic rings. The zero-order valence-electron chi connectivity index (χ0n) is 16.2. The number of rotatable bonds is 2. The Labute approximate surface area is 169 Å². The molecule has 0 saturated carbocycles. The second-order valence-corrected chi connectivity index (χ2v) is 7.75. The summed E-state index contributed by atoms with van der Waals surface area (Å²) in [5.74, 6) is -1.04. The molecule has 0 aliphatic heterocycles. The Bertz CT molecular complexity index is 1150. The number of anilines is 2. The van der Waals surface area contributed by atoms with Crippen molar-refractivity contribution >= 4 is 22.3 Å². The third-order valence-electron chi connectivity index (χ3n) is 5.55. The third kappa shape index (κ3) is 3.23. The SMILES string of the molecule is Cc1ncc2c(Nc3ccc4c(c3O)C(C)CC(O)(C(F)(F)F)C4)ccc(F)c2n1. The van der Waals surface area contributed by atoms with Crippen LogP contribution in [0.2, 0.25) is 0 Å². The normalized spacial score (nSPS) is 21.5. The van der Waals surface area contributed by atoms with E-state index in [1.165, 1.54) is 37.4 Å². The Morgan fingerprint density at radius 3 is 2.57 bits per heavy atom. The molecule has 0 bridgehead atoms. The lowest BCUT2D eigenvalue weighted by Gasteiger charge is -2.38. The molecule has 0 fully saturated rings. The number of halogens is 4. The first-order valence-electron chi connectivity index (χ1n) is 9.33. The number of nitrogens with zero attached hydrogens (tertiary/aromatic N) is 2. The van der Waals surface area contributed by atoms with Crippen LogP contribution in [0.15, 0.2) is 30.5 Å². The van der Waals surface area contributed by atoms with Crippen LogP contribution < -0.4 is 5.32 Å². The van der Waals surface area contributed by atoms with E-state index in [0.29, 0.717) is 22.5 Å². The van der Waals surface area contributed by atoms with E-state index >= 15 is 0 Å². The summed E-state index contributed by atoms with van der Waals surface area (Å²) in [7, 11) is 0. The molecule has 0 amide bonds. The number of aliphatic hydroxyl groups is 1. The summed E-state index contributed by atoms with van der Waals surface area (Å²) in [6, 6.07) is 5.60. The van der Waals surface area contributed by atoms with Crippen molar-refractivity contribution in [2.75, 3.05) is 5.32 Å². The van der Waals surface area contributed by atoms with Gasteiger partial charge in [-0.15, -0.1) is 0 Å². The minimum Gasteiger partial charge on any atom is -0.505 e. The van der Waals surface area contributed by atoms with E-state index in [-0.39, 0.29) is 22.5 Å². The summed E-state index contributed by atoms with van der Waals surface area (Å²) in [6.07, 6.45) is -4.48. The summed E-state index contributed by atoms with van der Waals surface area (Å²) in [5.41, 5.74) is -1.42. The average molecular weight is 421 g/mol. The molecule has 1 aromatic heterocycles. The van der Waals surface area contributed by atoms with E-state index in [2.05, 4.69) is 15.3 Å². The molecule has 5 nitrogen and oxygen atoms in total. The number of nitrogens with one attached hydrogen (secondary N) is 1. The highest BCUT2D eigenvalue weighted by Gasteiger charge is 2.56. The van der Waals surface area contributed by atoms with Gasteiger partial charge in [0.15, 0.2) is 5.60 Å². The number of benzene rings is 2. The highest BCUT2D eigenvalue weighted by atomic mass is 19.4. The van der Waals surface area contributed by atoms with Gasteiger partial charge < -0.3 is 15.5 Å². The van der Waals surface area contributed by atoms with Crippen LogP contribution in [0.3, 0.4) is 0 Å². The summed E-state index contributed by atoms with van der Waals surface area (Å²) in [6.45, 7) is 3.17. The Morgan fingerprint density at radius 1 is 1.17 bits per heavy atom. The average Bonchev–Trinajstić information content (AvgIpc) is 2.65. The van der Waals surface area contributed by atoms with Crippen molar-refractivity contribution in [3.05, 3.63) is 53.2 Å². The Kier molecular flexibility index (Phi) is 4.61. The first-order chi connectivity index (χ1) is 14.0. The second-order valence-electron chi connectivity index (χ2n) is 7.75. The lowest BCUT2D eigenvalue weighted by atomic mass is 9.74. The molecule has 0 radical (unpaired) electrons. The molecule has 1 aliphatic carbocycles. The second kappa shape index (κ2) is 6.80. The maximum absolute atomic E-state index is 14.1. The molecule has 0 saturated heterocycles. The zero-order chi connectivity index (χ0) is 21.8. The Balaban J connectivity index is 1.75. The van der Waals surface area contributed by atoms with Crippen molar-refractivity contribution in [3.63, 3.8) is 0 Å². The van der Waals surface area contributed by atoms with Crippen molar-refractivity contribution in [1.82, 2.24) is 9.97 Å². The minimum absolute atomic E-state index is 0.119. The predicted octanol–water partition coefficient (Wildman–Crippen LogP) is 4.87. The molecule has 30 heavy (non-hydrogen) atoms. The molecule has 2 unspecified atom stereocenters. The maximum Gasteiger partial charge on any atom is 0.417 e. The van der Waals surface area contributed by atoms with Gasteiger partial charge in [0.2, 0.25) is 0 Å². The number of phenolic OH excluding ortho intramolecular Hbond substituents is 1. The van der Waals surface area contributed by atoms with Crippen LogP contribution in [0.1, 0.15) is 36.2 Å². The first kappa shape index (κ1) is 20.3. The zero-order valence-corrected chi connectivity index (χ0v) is 16.2. The number of alkyl halides is 3. The Hall–Kier alpha value is -2.94. The molecule has 1 heterocycles. The molecule has 3 N–H and O–H groups in total. The summed E-state index contributed by atoms with van der Waals surface area (Å²) >= 11 is 0. The summed E-state index contributed by atoms with van der Waals surface area (Å²) in [4.78, 5) is 8.18. The lowest BCUT2D eigenvalue weighted by molar-refractivity contribution is -0.265. The highest BCUT2D eigenvalue weighted by Crippen LogP contribution is 2.49. The van der Waals surface area contributed by atoms with Crippen LogP contribution in [0.5, 0.6) is 5.75 Å². The van der Waals surface area contributed by atoms with E-state index in [9.17, 15) is 27.8 Å². The van der Waals surface area contributed by atoms with Crippen LogP contribution in [-0.4, -0.2) is 32.0 Å². The van der Waals surface area contributed by atoms with Crippen molar-refractivity contribution in [2.45, 2.75) is 44.4 Å². The molecular formula is C21H19F4N3O2. The van der Waals surface area contributed by atoms with Crippen molar-refractivity contribution in [3.8, 4) is 5.75 Å². The van der Waals surface area contributed by atoms with Crippen LogP contribution in [0.4, 0.5) is 28.9 Å². The number of phenols is 1. The quantitative estimate of drug-likeness (QED) is 0.407. The first-order valence-corrected chi connectivity index (χ1v) is 9.33. The van der Waals surface area contributed by atoms with E-state index in [1.54, 1.807) is 6.92 Å². The number of fused-ring (bicyclic) bond motifs is 2. The van der Waals surface area contributed by atoms with Gasteiger partial charge in [0.1, 0.15) is 22.9 Å². The van der Waals surface area contributed by atoms with Gasteiger partial charge in [0.25, 0.3) is 0 Å². The van der Waals surface area contributed by atoms with Gasteiger partial charge in [-0.3, -0.25) is 0 Å². The smallest absolute Gasteiger partial charge is 0.417 e. The molecule has 4 rings (SSSR count). The largest absolute Gasteiger partial charge is 0.505 e. The third-order valence-corrected chi connectivity index (χ3v) is 5.55. The van der Waals surface area contributed by atoms with Crippen LogP contribution in [0, 0.1) is 12.7 Å². The molecule has 2 aromatic carbocycles. The van der Waals surface area contributed by atoms with E-state index in [0.717, 1.165) is 0 Å². The fourth-order valence-electron chi connectivity index (χ4n) is 4.09. The minimum atomic E-state index is -4.77. The van der Waals surface area contributed by atoms with E-state index < -0.39 is 36.4 Å². The molecule has 9 heteroatoms. The van der Waals surface area contributed by atoms with E-state index in [4.69, 9.17) is 0 Å². The van der Waals surface area contributed by atoms with Gasteiger partial charge in [-0.05, 0) is 43.0 Å².